The molecule has 128 valence electrons. The molecule has 1 saturated heterocycles. The third kappa shape index (κ3) is 4.83. The highest BCUT2D eigenvalue weighted by Gasteiger charge is 2.12. The molecule has 0 aliphatic carbocycles. The monoisotopic (exact) mass is 347 g/mol. The summed E-state index contributed by atoms with van der Waals surface area (Å²) in [6.07, 6.45) is 3.75. The van der Waals surface area contributed by atoms with Gasteiger partial charge in [-0.25, -0.2) is 0 Å². The van der Waals surface area contributed by atoms with E-state index < -0.39 is 0 Å². The summed E-state index contributed by atoms with van der Waals surface area (Å²) in [5.74, 6) is 1.57. The predicted octanol–water partition coefficient (Wildman–Crippen LogP) is 3.59. The molecule has 0 atom stereocenters. The van der Waals surface area contributed by atoms with Crippen LogP contribution in [0.2, 0.25) is 0 Å². The van der Waals surface area contributed by atoms with Gasteiger partial charge >= 0.3 is 0 Å². The van der Waals surface area contributed by atoms with E-state index in [0.29, 0.717) is 5.82 Å². The number of nitrogens with one attached hydrogen (secondary N) is 2. The summed E-state index contributed by atoms with van der Waals surface area (Å²) < 4.78 is 0. The summed E-state index contributed by atoms with van der Waals surface area (Å²) in [7, 11) is 0. The molecule has 2 N–H and O–H groups in total. The molecular formula is C17H22ClN5O. The first kappa shape index (κ1) is 18.0. The van der Waals surface area contributed by atoms with Crippen molar-refractivity contribution in [2.45, 2.75) is 26.2 Å². The number of hydrogen-bond acceptors (Lipinski definition) is 5. The van der Waals surface area contributed by atoms with Gasteiger partial charge in [-0.15, -0.1) is 22.6 Å². The van der Waals surface area contributed by atoms with Gasteiger partial charge in [-0.1, -0.05) is 0 Å². The van der Waals surface area contributed by atoms with Crippen LogP contribution in [-0.2, 0) is 4.79 Å². The lowest BCUT2D eigenvalue weighted by Crippen LogP contribution is -2.30. The zero-order chi connectivity index (χ0) is 16.1. The molecule has 1 aliphatic heterocycles. The van der Waals surface area contributed by atoms with Gasteiger partial charge in [-0.2, -0.15) is 0 Å². The molecule has 0 radical (unpaired) electrons. The van der Waals surface area contributed by atoms with Crippen molar-refractivity contribution in [1.29, 1.82) is 0 Å². The van der Waals surface area contributed by atoms with Crippen LogP contribution in [0, 0.1) is 0 Å². The minimum Gasteiger partial charge on any atom is -0.355 e. The molecule has 0 bridgehead atoms. The van der Waals surface area contributed by atoms with E-state index in [1.807, 2.05) is 36.4 Å². The Kier molecular flexibility index (Phi) is 6.37. The molecule has 1 aromatic carbocycles. The summed E-state index contributed by atoms with van der Waals surface area (Å²) >= 11 is 0. The van der Waals surface area contributed by atoms with Crippen molar-refractivity contribution in [1.82, 2.24) is 10.2 Å². The van der Waals surface area contributed by atoms with Crippen molar-refractivity contribution in [3.8, 4) is 0 Å². The molecular weight excluding hydrogens is 326 g/mol. The van der Waals surface area contributed by atoms with E-state index in [1.54, 1.807) is 0 Å². The third-order valence-electron chi connectivity index (χ3n) is 3.81. The van der Waals surface area contributed by atoms with Crippen molar-refractivity contribution >= 4 is 41.3 Å². The molecule has 1 aromatic heterocycles. The Morgan fingerprint density at radius 1 is 0.958 bits per heavy atom. The highest BCUT2D eigenvalue weighted by molar-refractivity contribution is 5.88. The fourth-order valence-corrected chi connectivity index (χ4v) is 2.67. The molecule has 0 spiro atoms. The van der Waals surface area contributed by atoms with Gasteiger partial charge in [0.25, 0.3) is 0 Å². The first-order valence-corrected chi connectivity index (χ1v) is 7.94. The van der Waals surface area contributed by atoms with Gasteiger partial charge in [0.15, 0.2) is 11.6 Å². The highest BCUT2D eigenvalue weighted by Crippen LogP contribution is 2.20. The molecule has 0 saturated carbocycles. The number of hydrogen-bond donors (Lipinski definition) is 2. The zero-order valence-electron chi connectivity index (χ0n) is 13.7. The molecule has 2 heterocycles. The van der Waals surface area contributed by atoms with Crippen LogP contribution < -0.4 is 15.5 Å². The largest absolute Gasteiger partial charge is 0.355 e. The Hall–Kier alpha value is -2.34. The van der Waals surface area contributed by atoms with Crippen LogP contribution in [-0.4, -0.2) is 29.2 Å². The van der Waals surface area contributed by atoms with Crippen LogP contribution in [0.4, 0.5) is 23.0 Å². The molecule has 0 unspecified atom stereocenters. The van der Waals surface area contributed by atoms with E-state index in [-0.39, 0.29) is 18.3 Å². The third-order valence-corrected chi connectivity index (χ3v) is 3.81. The van der Waals surface area contributed by atoms with Crippen molar-refractivity contribution in [3.05, 3.63) is 36.4 Å². The minimum atomic E-state index is -0.0788. The second kappa shape index (κ2) is 8.49. The number of piperidine rings is 1. The number of carbonyl (C=O) groups is 1. The average Bonchev–Trinajstić information content (AvgIpc) is 2.58. The van der Waals surface area contributed by atoms with Crippen LogP contribution in [0.15, 0.2) is 36.4 Å². The van der Waals surface area contributed by atoms with Gasteiger partial charge in [0.1, 0.15) is 0 Å². The summed E-state index contributed by atoms with van der Waals surface area (Å²) in [5, 5.41) is 14.5. The fraction of sp³-hybridized carbons (Fsp3) is 0.353. The Morgan fingerprint density at radius 3 is 2.21 bits per heavy atom. The topological polar surface area (TPSA) is 70.2 Å². The first-order chi connectivity index (χ1) is 11.2. The molecule has 2 aromatic rings. The summed E-state index contributed by atoms with van der Waals surface area (Å²) in [6, 6.07) is 11.4. The molecule has 24 heavy (non-hydrogen) atoms. The van der Waals surface area contributed by atoms with Crippen molar-refractivity contribution in [2.75, 3.05) is 28.6 Å². The standard InChI is InChI=1S/C17H21N5O.ClH/c1-13(23)18-14-5-7-15(8-6-14)19-16-9-10-17(21-20-16)22-11-3-2-4-12-22;/h5-10H,2-4,11-12H2,1H3,(H,18,23)(H,19,20);1H. The van der Waals surface area contributed by atoms with Crippen molar-refractivity contribution in [2.24, 2.45) is 0 Å². The summed E-state index contributed by atoms with van der Waals surface area (Å²) in [6.45, 7) is 3.61. The maximum absolute atomic E-state index is 11.0. The SMILES string of the molecule is CC(=O)Nc1ccc(Nc2ccc(N3CCCCC3)nn2)cc1.Cl. The summed E-state index contributed by atoms with van der Waals surface area (Å²) in [5.41, 5.74) is 1.67. The average molecular weight is 348 g/mol. The van der Waals surface area contributed by atoms with Gasteiger partial charge in [0.05, 0.1) is 0 Å². The lowest BCUT2D eigenvalue weighted by atomic mass is 10.1. The smallest absolute Gasteiger partial charge is 0.221 e. The van der Waals surface area contributed by atoms with Crippen LogP contribution >= 0.6 is 12.4 Å². The Labute approximate surface area is 148 Å². The second-order valence-electron chi connectivity index (χ2n) is 5.71. The number of rotatable bonds is 4. The van der Waals surface area contributed by atoms with E-state index in [4.69, 9.17) is 0 Å². The lowest BCUT2D eigenvalue weighted by Gasteiger charge is -2.27. The number of benzene rings is 1. The number of anilines is 4. The van der Waals surface area contributed by atoms with Crippen LogP contribution in [0.1, 0.15) is 26.2 Å². The quantitative estimate of drug-likeness (QED) is 0.884. The number of amides is 1. The Morgan fingerprint density at radius 2 is 1.62 bits per heavy atom. The van der Waals surface area contributed by atoms with Crippen LogP contribution in [0.5, 0.6) is 0 Å². The first-order valence-electron chi connectivity index (χ1n) is 7.94. The molecule has 1 fully saturated rings. The molecule has 6 nitrogen and oxygen atoms in total. The maximum Gasteiger partial charge on any atom is 0.221 e. The second-order valence-corrected chi connectivity index (χ2v) is 5.71. The zero-order valence-corrected chi connectivity index (χ0v) is 14.5. The molecule has 7 heteroatoms. The van der Waals surface area contributed by atoms with Gasteiger partial charge in [0, 0.05) is 31.4 Å². The normalized spacial score (nSPS) is 13.8. The van der Waals surface area contributed by atoms with E-state index in [2.05, 4.69) is 25.7 Å². The predicted molar refractivity (Wildman–Crippen MR) is 99.4 cm³/mol. The lowest BCUT2D eigenvalue weighted by molar-refractivity contribution is -0.114. The number of aromatic nitrogens is 2. The minimum absolute atomic E-state index is 0. The highest BCUT2D eigenvalue weighted by atomic mass is 35.5. The number of nitrogens with zero attached hydrogens (tertiary/aromatic N) is 3. The number of halogens is 1. The molecule has 3 rings (SSSR count). The van der Waals surface area contributed by atoms with Gasteiger partial charge < -0.3 is 15.5 Å². The van der Waals surface area contributed by atoms with Crippen LogP contribution in [0.25, 0.3) is 0 Å². The number of carbonyl (C=O) groups excluding carboxylic acids is 1. The van der Waals surface area contributed by atoms with Gasteiger partial charge in [0.2, 0.25) is 5.91 Å². The van der Waals surface area contributed by atoms with Crippen molar-refractivity contribution in [3.63, 3.8) is 0 Å². The van der Waals surface area contributed by atoms with Gasteiger partial charge in [-0.05, 0) is 55.7 Å². The molecule has 1 aliphatic rings. The van der Waals surface area contributed by atoms with E-state index in [1.165, 1.54) is 26.2 Å². The summed E-state index contributed by atoms with van der Waals surface area (Å²) in [4.78, 5) is 13.3. The van der Waals surface area contributed by atoms with Gasteiger partial charge in [-0.3, -0.25) is 4.79 Å². The van der Waals surface area contributed by atoms with E-state index >= 15 is 0 Å². The Bertz CT molecular complexity index is 654. The van der Waals surface area contributed by atoms with Crippen LogP contribution in [0.3, 0.4) is 0 Å². The van der Waals surface area contributed by atoms with E-state index in [0.717, 1.165) is 30.3 Å². The maximum atomic E-state index is 11.0. The molecule has 1 amide bonds. The Balaban J connectivity index is 0.00000208. The van der Waals surface area contributed by atoms with Crippen molar-refractivity contribution < 1.29 is 4.79 Å². The van der Waals surface area contributed by atoms with E-state index in [9.17, 15) is 4.79 Å². The fourth-order valence-electron chi connectivity index (χ4n) is 2.67.